The van der Waals surface area contributed by atoms with Gasteiger partial charge in [-0.25, -0.2) is 0 Å². The number of halogens is 1. The fourth-order valence-corrected chi connectivity index (χ4v) is 4.61. The first-order valence-electron chi connectivity index (χ1n) is 10.4. The Morgan fingerprint density at radius 3 is 2.80 bits per heavy atom. The van der Waals surface area contributed by atoms with E-state index < -0.39 is 0 Å². The van der Waals surface area contributed by atoms with Gasteiger partial charge in [-0.3, -0.25) is 9.59 Å². The van der Waals surface area contributed by atoms with Gasteiger partial charge in [0.1, 0.15) is 0 Å². The molecule has 2 aliphatic heterocycles. The van der Waals surface area contributed by atoms with Crippen LogP contribution in [0.1, 0.15) is 24.0 Å². The molecule has 30 heavy (non-hydrogen) atoms. The Morgan fingerprint density at radius 2 is 1.97 bits per heavy atom. The van der Waals surface area contributed by atoms with Gasteiger partial charge in [-0.05, 0) is 53.8 Å². The van der Waals surface area contributed by atoms with Crippen LogP contribution >= 0.6 is 12.4 Å². The molecule has 5 rings (SSSR count). The molecule has 2 aromatic carbocycles. The predicted molar refractivity (Wildman–Crippen MR) is 121 cm³/mol. The van der Waals surface area contributed by atoms with Gasteiger partial charge >= 0.3 is 0 Å². The van der Waals surface area contributed by atoms with Gasteiger partial charge in [-0.15, -0.1) is 12.4 Å². The van der Waals surface area contributed by atoms with Gasteiger partial charge in [0.2, 0.25) is 11.8 Å². The van der Waals surface area contributed by atoms with E-state index in [-0.39, 0.29) is 36.6 Å². The van der Waals surface area contributed by atoms with E-state index in [4.69, 9.17) is 0 Å². The van der Waals surface area contributed by atoms with Crippen LogP contribution in [0.4, 0.5) is 5.69 Å². The van der Waals surface area contributed by atoms with Crippen molar-refractivity contribution in [2.75, 3.05) is 31.1 Å². The minimum Gasteiger partial charge on any atom is -0.352 e. The fraction of sp³-hybridized carbons (Fsp3) is 0.333. The summed E-state index contributed by atoms with van der Waals surface area (Å²) in [7, 11) is 0. The number of nitrogens with one attached hydrogen (secondary N) is 2. The summed E-state index contributed by atoms with van der Waals surface area (Å²) in [5, 5.41) is 6.30. The summed E-state index contributed by atoms with van der Waals surface area (Å²) < 4.78 is 0. The molecule has 1 aliphatic carbocycles. The zero-order valence-electron chi connectivity index (χ0n) is 16.8. The lowest BCUT2D eigenvalue weighted by Gasteiger charge is -2.18. The zero-order chi connectivity index (χ0) is 19.8. The van der Waals surface area contributed by atoms with Crippen LogP contribution in [-0.2, 0) is 16.0 Å². The van der Waals surface area contributed by atoms with E-state index >= 15 is 0 Å². The second-order valence-electron chi connectivity index (χ2n) is 8.12. The van der Waals surface area contributed by atoms with Gasteiger partial charge in [0.15, 0.2) is 0 Å². The molecular formula is C24H26ClN3O2. The second kappa shape index (κ2) is 8.62. The predicted octanol–water partition coefficient (Wildman–Crippen LogP) is 3.07. The lowest BCUT2D eigenvalue weighted by atomic mass is 10.1. The first-order valence-corrected chi connectivity index (χ1v) is 10.4. The minimum atomic E-state index is -0.282. The number of hydrogen-bond donors (Lipinski definition) is 2. The first kappa shape index (κ1) is 20.6. The quantitative estimate of drug-likeness (QED) is 0.634. The monoisotopic (exact) mass is 423 g/mol. The maximum Gasteiger partial charge on any atom is 0.227 e. The standard InChI is InChI=1S/C24H25N3O2.ClH/c28-23-13-19(24(29)26-14-16-7-9-25-10-8-16)15-27(23)20-5-6-22-18(12-20)11-17-3-1-2-4-21(17)22;/h1-7,12,19,25H,8-11,13-15H2,(H,26,29);1H. The van der Waals surface area contributed by atoms with Gasteiger partial charge in [0.25, 0.3) is 0 Å². The van der Waals surface area contributed by atoms with Gasteiger partial charge in [-0.2, -0.15) is 0 Å². The van der Waals surface area contributed by atoms with Gasteiger partial charge in [0.05, 0.1) is 5.92 Å². The van der Waals surface area contributed by atoms with E-state index in [2.05, 4.69) is 53.1 Å². The van der Waals surface area contributed by atoms with Gasteiger partial charge in [-0.1, -0.05) is 42.0 Å². The topological polar surface area (TPSA) is 61.4 Å². The van der Waals surface area contributed by atoms with Crippen LogP contribution in [0.2, 0.25) is 0 Å². The Labute approximate surface area is 182 Å². The van der Waals surface area contributed by atoms with Crippen molar-refractivity contribution in [1.29, 1.82) is 0 Å². The summed E-state index contributed by atoms with van der Waals surface area (Å²) in [5.74, 6) is -0.272. The number of fused-ring (bicyclic) bond motifs is 3. The minimum absolute atomic E-state index is 0. The van der Waals surface area contributed by atoms with Crippen molar-refractivity contribution < 1.29 is 9.59 Å². The molecule has 1 atom stereocenters. The SMILES string of the molecule is Cl.O=C(NCC1=CCNCC1)C1CC(=O)N(c2ccc3c(c2)Cc2ccccc2-3)C1. The molecule has 0 saturated carbocycles. The maximum atomic E-state index is 12.6. The molecule has 5 nitrogen and oxygen atoms in total. The van der Waals surface area contributed by atoms with Gasteiger partial charge in [0, 0.05) is 31.7 Å². The molecule has 1 unspecified atom stereocenters. The average molecular weight is 424 g/mol. The molecule has 2 amide bonds. The second-order valence-corrected chi connectivity index (χ2v) is 8.12. The Hall–Kier alpha value is -2.63. The third-order valence-electron chi connectivity index (χ3n) is 6.23. The Morgan fingerprint density at radius 1 is 1.13 bits per heavy atom. The summed E-state index contributed by atoms with van der Waals surface area (Å²) in [5.41, 5.74) is 7.28. The molecule has 1 fully saturated rings. The number of carbonyl (C=O) groups is 2. The van der Waals surface area contributed by atoms with Crippen molar-refractivity contribution in [1.82, 2.24) is 10.6 Å². The highest BCUT2D eigenvalue weighted by atomic mass is 35.5. The molecule has 3 aliphatic rings. The molecule has 1 saturated heterocycles. The highest BCUT2D eigenvalue weighted by molar-refractivity contribution is 6.00. The first-order chi connectivity index (χ1) is 14.2. The lowest BCUT2D eigenvalue weighted by Crippen LogP contribution is -2.35. The third kappa shape index (κ3) is 3.87. The Kier molecular flexibility index (Phi) is 5.93. The van der Waals surface area contributed by atoms with Crippen molar-refractivity contribution in [3.05, 3.63) is 65.2 Å². The largest absolute Gasteiger partial charge is 0.352 e. The molecule has 0 radical (unpaired) electrons. The highest BCUT2D eigenvalue weighted by Gasteiger charge is 2.35. The van der Waals surface area contributed by atoms with E-state index in [0.29, 0.717) is 13.1 Å². The fourth-order valence-electron chi connectivity index (χ4n) is 4.61. The zero-order valence-corrected chi connectivity index (χ0v) is 17.6. The van der Waals surface area contributed by atoms with Crippen LogP contribution in [0.3, 0.4) is 0 Å². The summed E-state index contributed by atoms with van der Waals surface area (Å²) >= 11 is 0. The summed E-state index contributed by atoms with van der Waals surface area (Å²) in [4.78, 5) is 27.0. The molecule has 2 N–H and O–H groups in total. The van der Waals surface area contributed by atoms with Gasteiger partial charge < -0.3 is 15.5 Å². The van der Waals surface area contributed by atoms with Crippen LogP contribution in [-0.4, -0.2) is 38.0 Å². The number of carbonyl (C=O) groups excluding carboxylic acids is 2. The Bertz CT molecular complexity index is 1020. The highest BCUT2D eigenvalue weighted by Crippen LogP contribution is 2.39. The molecule has 0 spiro atoms. The van der Waals surface area contributed by atoms with E-state index in [9.17, 15) is 9.59 Å². The number of hydrogen-bond acceptors (Lipinski definition) is 3. The number of amides is 2. The third-order valence-corrected chi connectivity index (χ3v) is 6.23. The smallest absolute Gasteiger partial charge is 0.227 e. The van der Waals surface area contributed by atoms with Crippen LogP contribution in [0.15, 0.2) is 54.1 Å². The summed E-state index contributed by atoms with van der Waals surface area (Å²) in [6.45, 7) is 2.86. The number of nitrogens with zero attached hydrogens (tertiary/aromatic N) is 1. The Balaban J connectivity index is 0.00000218. The summed E-state index contributed by atoms with van der Waals surface area (Å²) in [6, 6.07) is 14.7. The molecular weight excluding hydrogens is 398 g/mol. The number of benzene rings is 2. The lowest BCUT2D eigenvalue weighted by molar-refractivity contribution is -0.126. The van der Waals surface area contributed by atoms with Crippen molar-refractivity contribution in [3.63, 3.8) is 0 Å². The van der Waals surface area contributed by atoms with Crippen molar-refractivity contribution in [3.8, 4) is 11.1 Å². The van der Waals surface area contributed by atoms with Crippen molar-refractivity contribution >= 4 is 29.9 Å². The molecule has 2 heterocycles. The summed E-state index contributed by atoms with van der Waals surface area (Å²) in [6.07, 6.45) is 4.28. The molecule has 0 bridgehead atoms. The molecule has 0 aromatic heterocycles. The number of rotatable bonds is 4. The normalized spacial score (nSPS) is 19.6. The van der Waals surface area contributed by atoms with E-state index in [0.717, 1.165) is 31.6 Å². The van der Waals surface area contributed by atoms with E-state index in [1.807, 2.05) is 6.07 Å². The van der Waals surface area contributed by atoms with E-state index in [1.165, 1.54) is 27.8 Å². The van der Waals surface area contributed by atoms with E-state index in [1.54, 1.807) is 4.90 Å². The molecule has 6 heteroatoms. The van der Waals surface area contributed by atoms with Crippen LogP contribution in [0, 0.1) is 5.92 Å². The number of anilines is 1. The van der Waals surface area contributed by atoms with Crippen LogP contribution in [0.25, 0.3) is 11.1 Å². The molecule has 156 valence electrons. The van der Waals surface area contributed by atoms with Crippen molar-refractivity contribution in [2.45, 2.75) is 19.3 Å². The average Bonchev–Trinajstić information content (AvgIpc) is 3.32. The van der Waals surface area contributed by atoms with Crippen LogP contribution < -0.4 is 15.5 Å². The van der Waals surface area contributed by atoms with Crippen molar-refractivity contribution in [2.24, 2.45) is 5.92 Å². The maximum absolute atomic E-state index is 12.6. The van der Waals surface area contributed by atoms with Crippen LogP contribution in [0.5, 0.6) is 0 Å². The molecule has 2 aromatic rings.